The van der Waals surface area contributed by atoms with Gasteiger partial charge in [-0.1, -0.05) is 13.3 Å². The van der Waals surface area contributed by atoms with Gasteiger partial charge in [0, 0.05) is 12.6 Å². The van der Waals surface area contributed by atoms with Crippen molar-refractivity contribution < 1.29 is 9.59 Å². The third-order valence-electron chi connectivity index (χ3n) is 4.03. The lowest BCUT2D eigenvalue weighted by Gasteiger charge is -2.43. The van der Waals surface area contributed by atoms with Crippen LogP contribution >= 0.6 is 0 Å². The lowest BCUT2D eigenvalue weighted by atomic mass is 10.0. The van der Waals surface area contributed by atoms with E-state index in [1.54, 1.807) is 4.90 Å². The average Bonchev–Trinajstić information content (AvgIpc) is 2.76. The maximum Gasteiger partial charge on any atom is 0.246 e. The van der Waals surface area contributed by atoms with Crippen molar-refractivity contribution in [1.29, 1.82) is 0 Å². The molecule has 0 radical (unpaired) electrons. The fourth-order valence-corrected chi connectivity index (χ4v) is 3.16. The number of amides is 2. The number of nitrogens with zero attached hydrogens (tertiary/aromatic N) is 2. The van der Waals surface area contributed by atoms with Crippen LogP contribution in [0.25, 0.3) is 0 Å². The number of rotatable bonds is 3. The summed E-state index contributed by atoms with van der Waals surface area (Å²) in [4.78, 5) is 28.2. The fourth-order valence-electron chi connectivity index (χ4n) is 3.16. The Morgan fingerprint density at radius 1 is 1.35 bits per heavy atom. The molecule has 4 nitrogen and oxygen atoms in total. The first-order valence-electron chi connectivity index (χ1n) is 6.70. The predicted molar refractivity (Wildman–Crippen MR) is 65.4 cm³/mol. The molecule has 2 rings (SSSR count). The standard InChI is InChI=1S/C13H22N2O2/c1-4-6-9(2)15-10(3)12(16)14-8-5-7-11(14)13(15)17/h9-11H,4-8H2,1-3H3. The minimum Gasteiger partial charge on any atom is -0.329 e. The van der Waals surface area contributed by atoms with Crippen LogP contribution in [-0.4, -0.2) is 46.3 Å². The molecule has 2 amide bonds. The number of hydrogen-bond donors (Lipinski definition) is 0. The second kappa shape index (κ2) is 4.67. The Labute approximate surface area is 103 Å². The highest BCUT2D eigenvalue weighted by Gasteiger charge is 2.46. The Kier molecular flexibility index (Phi) is 3.40. The first kappa shape index (κ1) is 12.4. The summed E-state index contributed by atoms with van der Waals surface area (Å²) in [6.07, 6.45) is 3.81. The van der Waals surface area contributed by atoms with Gasteiger partial charge in [-0.15, -0.1) is 0 Å². The van der Waals surface area contributed by atoms with E-state index in [0.717, 1.165) is 32.2 Å². The summed E-state index contributed by atoms with van der Waals surface area (Å²) in [5, 5.41) is 0. The van der Waals surface area contributed by atoms with E-state index in [1.165, 1.54) is 0 Å². The van der Waals surface area contributed by atoms with Crippen molar-refractivity contribution in [2.45, 2.75) is 64.6 Å². The van der Waals surface area contributed by atoms with E-state index in [4.69, 9.17) is 0 Å². The van der Waals surface area contributed by atoms with Gasteiger partial charge >= 0.3 is 0 Å². The highest BCUT2D eigenvalue weighted by atomic mass is 16.2. The molecule has 17 heavy (non-hydrogen) atoms. The van der Waals surface area contributed by atoms with Crippen molar-refractivity contribution in [1.82, 2.24) is 9.80 Å². The summed E-state index contributed by atoms with van der Waals surface area (Å²) in [5.74, 6) is 0.297. The van der Waals surface area contributed by atoms with Crippen LogP contribution in [0.4, 0.5) is 0 Å². The van der Waals surface area contributed by atoms with Gasteiger partial charge in [0.25, 0.3) is 0 Å². The molecule has 4 heteroatoms. The predicted octanol–water partition coefficient (Wildman–Crippen LogP) is 1.40. The molecule has 0 aromatic heterocycles. The quantitative estimate of drug-likeness (QED) is 0.745. The number of hydrogen-bond acceptors (Lipinski definition) is 2. The van der Waals surface area contributed by atoms with Crippen molar-refractivity contribution in [3.8, 4) is 0 Å². The third-order valence-corrected chi connectivity index (χ3v) is 4.03. The van der Waals surface area contributed by atoms with Gasteiger partial charge in [-0.25, -0.2) is 0 Å². The van der Waals surface area contributed by atoms with E-state index < -0.39 is 0 Å². The number of piperazine rings is 1. The van der Waals surface area contributed by atoms with E-state index in [9.17, 15) is 9.59 Å². The number of carbonyl (C=O) groups is 2. The first-order valence-corrected chi connectivity index (χ1v) is 6.70. The molecule has 96 valence electrons. The molecular formula is C13H22N2O2. The maximum atomic E-state index is 12.4. The molecule has 2 saturated heterocycles. The van der Waals surface area contributed by atoms with Gasteiger partial charge in [0.05, 0.1) is 0 Å². The Morgan fingerprint density at radius 2 is 2.06 bits per heavy atom. The summed E-state index contributed by atoms with van der Waals surface area (Å²) in [6.45, 7) is 6.78. The molecule has 0 spiro atoms. The normalized spacial score (nSPS) is 30.8. The van der Waals surface area contributed by atoms with E-state index in [0.29, 0.717) is 0 Å². The van der Waals surface area contributed by atoms with Gasteiger partial charge in [0.2, 0.25) is 11.8 Å². The Balaban J connectivity index is 2.21. The lowest BCUT2D eigenvalue weighted by Crippen LogP contribution is -2.63. The van der Waals surface area contributed by atoms with Gasteiger partial charge in [-0.2, -0.15) is 0 Å². The minimum atomic E-state index is -0.279. The molecule has 3 unspecified atom stereocenters. The monoisotopic (exact) mass is 238 g/mol. The lowest BCUT2D eigenvalue weighted by molar-refractivity contribution is -0.161. The van der Waals surface area contributed by atoms with Crippen LogP contribution in [0.1, 0.15) is 46.5 Å². The fraction of sp³-hybridized carbons (Fsp3) is 0.846. The van der Waals surface area contributed by atoms with Gasteiger partial charge in [-0.05, 0) is 33.1 Å². The summed E-state index contributed by atoms with van der Waals surface area (Å²) in [7, 11) is 0. The molecular weight excluding hydrogens is 216 g/mol. The zero-order chi connectivity index (χ0) is 12.6. The van der Waals surface area contributed by atoms with E-state index in [2.05, 4.69) is 13.8 Å². The molecule has 2 fully saturated rings. The first-order chi connectivity index (χ1) is 8.07. The summed E-state index contributed by atoms with van der Waals surface area (Å²) >= 11 is 0. The van der Waals surface area contributed by atoms with E-state index in [-0.39, 0.29) is 29.9 Å². The van der Waals surface area contributed by atoms with Crippen LogP contribution in [0.15, 0.2) is 0 Å². The number of carbonyl (C=O) groups excluding carboxylic acids is 2. The Bertz CT molecular complexity index is 329. The summed E-state index contributed by atoms with van der Waals surface area (Å²) < 4.78 is 0. The van der Waals surface area contributed by atoms with Gasteiger partial charge < -0.3 is 9.80 Å². The zero-order valence-electron chi connectivity index (χ0n) is 11.0. The maximum absolute atomic E-state index is 12.4. The summed E-state index contributed by atoms with van der Waals surface area (Å²) in [5.41, 5.74) is 0. The molecule has 0 saturated carbocycles. The van der Waals surface area contributed by atoms with Crippen molar-refractivity contribution in [3.63, 3.8) is 0 Å². The van der Waals surface area contributed by atoms with E-state index in [1.807, 2.05) is 11.8 Å². The zero-order valence-corrected chi connectivity index (χ0v) is 11.0. The van der Waals surface area contributed by atoms with Gasteiger partial charge in [0.15, 0.2) is 0 Å². The molecule has 0 aromatic rings. The molecule has 0 aromatic carbocycles. The molecule has 0 aliphatic carbocycles. The molecule has 0 bridgehead atoms. The second-order valence-corrected chi connectivity index (χ2v) is 5.25. The second-order valence-electron chi connectivity index (χ2n) is 5.25. The Morgan fingerprint density at radius 3 is 2.71 bits per heavy atom. The average molecular weight is 238 g/mol. The van der Waals surface area contributed by atoms with Crippen LogP contribution in [0.2, 0.25) is 0 Å². The SMILES string of the molecule is CCCC(C)N1C(=O)C2CCCN2C(=O)C1C. The highest BCUT2D eigenvalue weighted by Crippen LogP contribution is 2.28. The van der Waals surface area contributed by atoms with Crippen LogP contribution in [0, 0.1) is 0 Å². The van der Waals surface area contributed by atoms with Crippen molar-refractivity contribution >= 4 is 11.8 Å². The van der Waals surface area contributed by atoms with Gasteiger partial charge in [0.1, 0.15) is 12.1 Å². The molecule has 3 atom stereocenters. The van der Waals surface area contributed by atoms with Crippen LogP contribution in [-0.2, 0) is 9.59 Å². The van der Waals surface area contributed by atoms with Crippen molar-refractivity contribution in [3.05, 3.63) is 0 Å². The van der Waals surface area contributed by atoms with Crippen LogP contribution in [0.5, 0.6) is 0 Å². The molecule has 0 N–H and O–H groups in total. The Hall–Kier alpha value is -1.06. The molecule has 2 aliphatic rings. The molecule has 2 heterocycles. The van der Waals surface area contributed by atoms with Gasteiger partial charge in [-0.3, -0.25) is 9.59 Å². The smallest absolute Gasteiger partial charge is 0.246 e. The van der Waals surface area contributed by atoms with Crippen molar-refractivity contribution in [2.24, 2.45) is 0 Å². The van der Waals surface area contributed by atoms with Crippen molar-refractivity contribution in [2.75, 3.05) is 6.54 Å². The largest absolute Gasteiger partial charge is 0.329 e. The minimum absolute atomic E-state index is 0.134. The van der Waals surface area contributed by atoms with E-state index >= 15 is 0 Å². The molecule has 2 aliphatic heterocycles. The highest BCUT2D eigenvalue weighted by molar-refractivity contribution is 5.97. The number of fused-ring (bicyclic) bond motifs is 1. The van der Waals surface area contributed by atoms with Crippen LogP contribution < -0.4 is 0 Å². The van der Waals surface area contributed by atoms with Crippen LogP contribution in [0.3, 0.4) is 0 Å². The summed E-state index contributed by atoms with van der Waals surface area (Å²) in [6, 6.07) is -0.273. The third kappa shape index (κ3) is 1.94. The topological polar surface area (TPSA) is 40.6 Å².